The number of hydrogen-bond acceptors (Lipinski definition) is 4. The number of fused-ring (bicyclic) bond motifs is 2. The number of nitrogens with one attached hydrogen (secondary N) is 1. The van der Waals surface area contributed by atoms with Crippen molar-refractivity contribution in [1.29, 1.82) is 0 Å². The van der Waals surface area contributed by atoms with E-state index < -0.39 is 0 Å². The number of hydrogen-bond donors (Lipinski definition) is 1. The van der Waals surface area contributed by atoms with Gasteiger partial charge < -0.3 is 5.32 Å². The molecule has 5 nitrogen and oxygen atoms in total. The summed E-state index contributed by atoms with van der Waals surface area (Å²) in [5.74, 6) is 1.85. The Labute approximate surface area is 106 Å². The maximum Gasteiger partial charge on any atom is 0.163 e. The number of rotatable bonds is 1. The third kappa shape index (κ3) is 1.54. The summed E-state index contributed by atoms with van der Waals surface area (Å²) in [5, 5.41) is 12.3. The predicted octanol–water partition coefficient (Wildman–Crippen LogP) is 1.72. The molecule has 4 rings (SSSR count). The van der Waals surface area contributed by atoms with E-state index in [0.717, 1.165) is 17.4 Å². The van der Waals surface area contributed by atoms with Crippen LogP contribution in [0.4, 0.5) is 0 Å². The average Bonchev–Trinajstić information content (AvgIpc) is 3.02. The van der Waals surface area contributed by atoms with Crippen LogP contribution in [-0.4, -0.2) is 25.6 Å². The van der Waals surface area contributed by atoms with E-state index in [0.29, 0.717) is 12.1 Å². The van der Waals surface area contributed by atoms with Gasteiger partial charge in [0.25, 0.3) is 0 Å². The lowest BCUT2D eigenvalue weighted by atomic mass is 9.85. The van der Waals surface area contributed by atoms with E-state index in [1.165, 1.54) is 32.1 Å². The highest BCUT2D eigenvalue weighted by Gasteiger charge is 2.37. The maximum atomic E-state index is 4.35. The molecule has 0 radical (unpaired) electrons. The summed E-state index contributed by atoms with van der Waals surface area (Å²) >= 11 is 0. The van der Waals surface area contributed by atoms with E-state index in [2.05, 4.69) is 20.5 Å². The minimum absolute atomic E-state index is 0.345. The molecule has 18 heavy (non-hydrogen) atoms. The first kappa shape index (κ1) is 10.4. The first-order valence-corrected chi connectivity index (χ1v) is 6.82. The van der Waals surface area contributed by atoms with Gasteiger partial charge in [0.05, 0.1) is 6.04 Å². The van der Waals surface area contributed by atoms with Gasteiger partial charge >= 0.3 is 0 Å². The summed E-state index contributed by atoms with van der Waals surface area (Å²) in [4.78, 5) is 4.16. The average molecular weight is 243 g/mol. The van der Waals surface area contributed by atoms with Crippen LogP contribution in [0.5, 0.6) is 0 Å². The van der Waals surface area contributed by atoms with Crippen molar-refractivity contribution in [2.45, 2.75) is 44.2 Å². The van der Waals surface area contributed by atoms with Crippen molar-refractivity contribution in [2.24, 2.45) is 5.92 Å². The molecule has 1 aliphatic carbocycles. The molecule has 3 heterocycles. The van der Waals surface area contributed by atoms with Gasteiger partial charge in [-0.2, -0.15) is 0 Å². The molecular weight excluding hydrogens is 226 g/mol. The van der Waals surface area contributed by atoms with Crippen molar-refractivity contribution in [2.75, 3.05) is 0 Å². The van der Waals surface area contributed by atoms with Crippen LogP contribution in [0.15, 0.2) is 18.6 Å². The zero-order valence-corrected chi connectivity index (χ0v) is 10.3. The second-order valence-corrected chi connectivity index (χ2v) is 5.47. The largest absolute Gasteiger partial charge is 0.304 e. The zero-order valence-electron chi connectivity index (χ0n) is 10.3. The number of nitrogens with zero attached hydrogens (tertiary/aromatic N) is 4. The summed E-state index contributed by atoms with van der Waals surface area (Å²) in [7, 11) is 0. The van der Waals surface area contributed by atoms with Gasteiger partial charge in [0.2, 0.25) is 0 Å². The SMILES string of the molecule is c1cc2nnc(C3CC4CCCCC4N3)n2cn1. The van der Waals surface area contributed by atoms with Crippen LogP contribution in [0.1, 0.15) is 44.0 Å². The highest BCUT2D eigenvalue weighted by atomic mass is 15.3. The van der Waals surface area contributed by atoms with Crippen molar-refractivity contribution in [3.63, 3.8) is 0 Å². The molecule has 1 saturated heterocycles. The lowest BCUT2D eigenvalue weighted by molar-refractivity contribution is 0.325. The Hall–Kier alpha value is -1.49. The molecule has 2 aliphatic rings. The van der Waals surface area contributed by atoms with Crippen molar-refractivity contribution in [3.05, 3.63) is 24.4 Å². The van der Waals surface area contributed by atoms with Gasteiger partial charge in [-0.05, 0) is 25.2 Å². The third-order valence-electron chi connectivity index (χ3n) is 4.41. The van der Waals surface area contributed by atoms with Crippen LogP contribution in [0.25, 0.3) is 5.65 Å². The van der Waals surface area contributed by atoms with E-state index in [9.17, 15) is 0 Å². The molecule has 0 aromatic carbocycles. The van der Waals surface area contributed by atoms with Crippen LogP contribution in [-0.2, 0) is 0 Å². The molecule has 2 fully saturated rings. The monoisotopic (exact) mass is 243 g/mol. The third-order valence-corrected chi connectivity index (χ3v) is 4.41. The molecule has 2 aromatic rings. The molecule has 0 bridgehead atoms. The van der Waals surface area contributed by atoms with Crippen molar-refractivity contribution < 1.29 is 0 Å². The van der Waals surface area contributed by atoms with E-state index in [1.54, 1.807) is 6.20 Å². The molecule has 3 unspecified atom stereocenters. The standard InChI is InChI=1S/C13H17N5/c1-2-4-10-9(3-1)7-11(15-10)13-17-16-12-5-6-14-8-18(12)13/h5-6,8-11,15H,1-4,7H2. The summed E-state index contributed by atoms with van der Waals surface area (Å²) in [5.41, 5.74) is 0.886. The summed E-state index contributed by atoms with van der Waals surface area (Å²) in [6.45, 7) is 0. The van der Waals surface area contributed by atoms with Gasteiger partial charge in [0.1, 0.15) is 6.33 Å². The van der Waals surface area contributed by atoms with Crippen LogP contribution in [0.3, 0.4) is 0 Å². The lowest BCUT2D eigenvalue weighted by Gasteiger charge is -2.24. The van der Waals surface area contributed by atoms with E-state index in [-0.39, 0.29) is 0 Å². The quantitative estimate of drug-likeness (QED) is 0.828. The molecule has 1 saturated carbocycles. The van der Waals surface area contributed by atoms with E-state index in [4.69, 9.17) is 0 Å². The second-order valence-electron chi connectivity index (χ2n) is 5.47. The molecular formula is C13H17N5. The highest BCUT2D eigenvalue weighted by molar-refractivity contribution is 5.36. The molecule has 1 aliphatic heterocycles. The molecule has 5 heteroatoms. The van der Waals surface area contributed by atoms with Gasteiger partial charge in [-0.25, -0.2) is 4.98 Å². The maximum absolute atomic E-state index is 4.35. The molecule has 94 valence electrons. The molecule has 3 atom stereocenters. The predicted molar refractivity (Wildman–Crippen MR) is 67.0 cm³/mol. The van der Waals surface area contributed by atoms with Crippen LogP contribution in [0, 0.1) is 5.92 Å². The van der Waals surface area contributed by atoms with Gasteiger partial charge in [-0.3, -0.25) is 4.40 Å². The smallest absolute Gasteiger partial charge is 0.163 e. The minimum atomic E-state index is 0.345. The molecule has 2 aromatic heterocycles. The van der Waals surface area contributed by atoms with Crippen molar-refractivity contribution >= 4 is 5.65 Å². The lowest BCUT2D eigenvalue weighted by Crippen LogP contribution is -2.30. The molecule has 0 amide bonds. The molecule has 0 spiro atoms. The van der Waals surface area contributed by atoms with Crippen LogP contribution >= 0.6 is 0 Å². The summed E-state index contributed by atoms with van der Waals surface area (Å²) in [6.07, 6.45) is 10.2. The minimum Gasteiger partial charge on any atom is -0.304 e. The van der Waals surface area contributed by atoms with E-state index in [1.807, 2.05) is 16.8 Å². The second kappa shape index (κ2) is 4.02. The number of aromatic nitrogens is 4. The summed E-state index contributed by atoms with van der Waals surface area (Å²) in [6, 6.07) is 2.93. The van der Waals surface area contributed by atoms with Crippen molar-refractivity contribution in [3.8, 4) is 0 Å². The van der Waals surface area contributed by atoms with Crippen LogP contribution < -0.4 is 5.32 Å². The summed E-state index contributed by atoms with van der Waals surface area (Å²) < 4.78 is 2.01. The fourth-order valence-corrected chi connectivity index (χ4v) is 3.52. The van der Waals surface area contributed by atoms with E-state index >= 15 is 0 Å². The van der Waals surface area contributed by atoms with Gasteiger partial charge in [-0.15, -0.1) is 10.2 Å². The van der Waals surface area contributed by atoms with Gasteiger partial charge in [0.15, 0.2) is 11.5 Å². The Kier molecular flexibility index (Phi) is 2.33. The van der Waals surface area contributed by atoms with Gasteiger partial charge in [-0.1, -0.05) is 12.8 Å². The Morgan fingerprint density at radius 1 is 1.22 bits per heavy atom. The first-order valence-electron chi connectivity index (χ1n) is 6.82. The normalized spacial score (nSPS) is 31.7. The zero-order chi connectivity index (χ0) is 11.9. The Bertz CT molecular complexity index is 549. The Balaban J connectivity index is 1.67. The first-order chi connectivity index (χ1) is 8.92. The fourth-order valence-electron chi connectivity index (χ4n) is 3.52. The fraction of sp³-hybridized carbons (Fsp3) is 0.615. The van der Waals surface area contributed by atoms with Crippen molar-refractivity contribution in [1.82, 2.24) is 24.9 Å². The Morgan fingerprint density at radius 3 is 3.11 bits per heavy atom. The highest BCUT2D eigenvalue weighted by Crippen LogP contribution is 2.38. The molecule has 1 N–H and O–H groups in total. The van der Waals surface area contributed by atoms with Crippen LogP contribution in [0.2, 0.25) is 0 Å². The Morgan fingerprint density at radius 2 is 2.17 bits per heavy atom. The van der Waals surface area contributed by atoms with Gasteiger partial charge in [0, 0.05) is 18.3 Å². The topological polar surface area (TPSA) is 55.1 Å².